The van der Waals surface area contributed by atoms with Crippen LogP contribution in [0.15, 0.2) is 147 Å². The summed E-state index contributed by atoms with van der Waals surface area (Å²) >= 11 is 0. The maximum atomic E-state index is 13.6. The van der Waals surface area contributed by atoms with E-state index in [9.17, 15) is 33.9 Å². The Hall–Kier alpha value is -9.64. The quantitative estimate of drug-likeness (QED) is 0.0675. The Balaban J connectivity index is 0.852. The largest absolute Gasteiger partial charge is 0.480 e. The standard InChI is InChI=1S/C50H48N14O9/c51-21-23-61(38(66)26-63-31-57-41-45(53-29-55-47(41)63)59-49(70)72-43(33-13-5-1-6-14-33)34-15-7-2-8-16-34)25-37(65)52-22-24-62(28-40(68)69)39(67)27-64-32-58-42-46(54-30-56-48(42)64)60-50(71)73-44(35-17-9-3-10-18-35)36-19-11-4-12-20-36/h1-20,29-32,43-44H,21-28,51H2,(H,52,65)(H,68,69)(H,53,55,59,70)(H,54,56,60,71). The molecular formula is C50H48N14O9. The fourth-order valence-corrected chi connectivity index (χ4v) is 7.76. The van der Waals surface area contributed by atoms with Crippen molar-refractivity contribution in [3.8, 4) is 0 Å². The molecule has 372 valence electrons. The Kier molecular flexibility index (Phi) is 16.2. The normalized spacial score (nSPS) is 11.1. The van der Waals surface area contributed by atoms with E-state index in [1.807, 2.05) is 121 Å². The average molecular weight is 989 g/mol. The fraction of sp³-hybridized carbons (Fsp3) is 0.200. The molecule has 73 heavy (non-hydrogen) atoms. The fourth-order valence-electron chi connectivity index (χ4n) is 7.76. The molecule has 0 saturated carbocycles. The summed E-state index contributed by atoms with van der Waals surface area (Å²) in [6.45, 7) is -2.19. The van der Waals surface area contributed by atoms with E-state index in [2.05, 4.69) is 45.9 Å². The van der Waals surface area contributed by atoms with E-state index in [4.69, 9.17) is 15.2 Å². The molecule has 0 radical (unpaired) electrons. The summed E-state index contributed by atoms with van der Waals surface area (Å²) in [7, 11) is 0. The summed E-state index contributed by atoms with van der Waals surface area (Å²) in [5, 5.41) is 17.6. The van der Waals surface area contributed by atoms with Gasteiger partial charge in [0.15, 0.2) is 46.2 Å². The molecule has 4 aromatic carbocycles. The van der Waals surface area contributed by atoms with E-state index >= 15 is 0 Å². The lowest BCUT2D eigenvalue weighted by molar-refractivity contribution is -0.144. The van der Waals surface area contributed by atoms with E-state index in [1.165, 1.54) is 39.3 Å². The van der Waals surface area contributed by atoms with Gasteiger partial charge in [-0.1, -0.05) is 121 Å². The number of fused-ring (bicyclic) bond motifs is 2. The predicted octanol–water partition coefficient (Wildman–Crippen LogP) is 4.16. The second kappa shape index (κ2) is 23.8. The molecule has 0 atom stereocenters. The van der Waals surface area contributed by atoms with E-state index in [-0.39, 0.29) is 66.7 Å². The average Bonchev–Trinajstić information content (AvgIpc) is 4.02. The Morgan fingerprint density at radius 3 is 1.33 bits per heavy atom. The van der Waals surface area contributed by atoms with Crippen LogP contribution in [0.2, 0.25) is 0 Å². The molecule has 0 saturated heterocycles. The second-order valence-electron chi connectivity index (χ2n) is 16.2. The van der Waals surface area contributed by atoms with Crippen molar-refractivity contribution in [1.82, 2.24) is 54.2 Å². The Morgan fingerprint density at radius 1 is 0.548 bits per heavy atom. The molecular weight excluding hydrogens is 941 g/mol. The first-order chi connectivity index (χ1) is 35.5. The molecule has 23 nitrogen and oxygen atoms in total. The van der Waals surface area contributed by atoms with Crippen LogP contribution in [0, 0.1) is 0 Å². The minimum absolute atomic E-state index is 0.00284. The summed E-state index contributed by atoms with van der Waals surface area (Å²) in [4.78, 5) is 107. The van der Waals surface area contributed by atoms with E-state index in [0.29, 0.717) is 0 Å². The highest BCUT2D eigenvalue weighted by Crippen LogP contribution is 2.29. The van der Waals surface area contributed by atoms with Crippen molar-refractivity contribution in [3.63, 3.8) is 0 Å². The van der Waals surface area contributed by atoms with Gasteiger partial charge < -0.3 is 44.6 Å². The van der Waals surface area contributed by atoms with Gasteiger partial charge in [0.1, 0.15) is 32.3 Å². The number of imidazole rings is 2. The van der Waals surface area contributed by atoms with Crippen LogP contribution in [0.5, 0.6) is 0 Å². The summed E-state index contributed by atoms with van der Waals surface area (Å²) in [6, 6.07) is 36.9. The minimum Gasteiger partial charge on any atom is -0.480 e. The third-order valence-electron chi connectivity index (χ3n) is 11.2. The first kappa shape index (κ1) is 49.8. The first-order valence-electron chi connectivity index (χ1n) is 22.8. The van der Waals surface area contributed by atoms with Crippen LogP contribution < -0.4 is 21.7 Å². The molecule has 0 bridgehead atoms. The maximum absolute atomic E-state index is 13.6. The van der Waals surface area contributed by atoms with Gasteiger partial charge in [-0.15, -0.1) is 0 Å². The summed E-state index contributed by atoms with van der Waals surface area (Å²) in [5.74, 6) is -3.01. The van der Waals surface area contributed by atoms with Gasteiger partial charge in [-0.3, -0.25) is 29.8 Å². The molecule has 0 fully saturated rings. The van der Waals surface area contributed by atoms with Crippen LogP contribution in [0.3, 0.4) is 0 Å². The zero-order valence-electron chi connectivity index (χ0n) is 38.9. The van der Waals surface area contributed by atoms with Crippen LogP contribution >= 0.6 is 0 Å². The molecule has 6 N–H and O–H groups in total. The number of hydrogen-bond acceptors (Lipinski definition) is 15. The Morgan fingerprint density at radius 2 is 0.945 bits per heavy atom. The van der Waals surface area contributed by atoms with Gasteiger partial charge in [0, 0.05) is 26.2 Å². The molecule has 23 heteroatoms. The Bertz CT molecular complexity index is 3120. The van der Waals surface area contributed by atoms with Crippen LogP contribution in [-0.4, -0.2) is 129 Å². The number of benzene rings is 4. The van der Waals surface area contributed by atoms with E-state index in [0.717, 1.165) is 27.2 Å². The van der Waals surface area contributed by atoms with Gasteiger partial charge in [0.2, 0.25) is 17.7 Å². The number of aliphatic carboxylic acids is 1. The van der Waals surface area contributed by atoms with Crippen molar-refractivity contribution in [1.29, 1.82) is 0 Å². The van der Waals surface area contributed by atoms with Gasteiger partial charge in [-0.2, -0.15) is 0 Å². The number of nitrogens with two attached hydrogens (primary N) is 1. The molecule has 4 aromatic heterocycles. The highest BCUT2D eigenvalue weighted by Gasteiger charge is 2.25. The number of ether oxygens (including phenoxy) is 2. The SMILES string of the molecule is NCCN(CC(=O)NCCN(CC(=O)O)C(=O)Cn1cnc2c(NC(=O)OC(c3ccccc3)c3ccccc3)ncnc21)C(=O)Cn1cnc2c(NC(=O)OC(c3ccccc3)c3ccccc3)ncnc21. The van der Waals surface area contributed by atoms with E-state index in [1.54, 1.807) is 0 Å². The molecule has 0 aliphatic rings. The number of hydrogen-bond donors (Lipinski definition) is 5. The zero-order valence-corrected chi connectivity index (χ0v) is 38.9. The molecule has 4 heterocycles. The number of nitrogens with zero attached hydrogens (tertiary/aromatic N) is 10. The number of aromatic nitrogens is 8. The number of carbonyl (C=O) groups is 6. The van der Waals surface area contributed by atoms with Crippen LogP contribution in [-0.2, 0) is 41.7 Å². The lowest BCUT2D eigenvalue weighted by Gasteiger charge is -2.23. The monoisotopic (exact) mass is 988 g/mol. The lowest BCUT2D eigenvalue weighted by Crippen LogP contribution is -2.46. The van der Waals surface area contributed by atoms with Gasteiger partial charge in [0.25, 0.3) is 0 Å². The molecule has 0 spiro atoms. The second-order valence-corrected chi connectivity index (χ2v) is 16.2. The molecule has 5 amide bonds. The van der Waals surface area contributed by atoms with Gasteiger partial charge in [-0.25, -0.2) is 39.5 Å². The van der Waals surface area contributed by atoms with Crippen molar-refractivity contribution in [2.75, 3.05) is 49.9 Å². The van der Waals surface area contributed by atoms with E-state index < -0.39 is 67.7 Å². The van der Waals surface area contributed by atoms with Crippen molar-refractivity contribution < 1.29 is 43.3 Å². The third-order valence-corrected chi connectivity index (χ3v) is 11.2. The number of carboxylic acid groups (broad SMARTS) is 1. The molecule has 0 unspecified atom stereocenters. The van der Waals surface area contributed by atoms with Crippen LogP contribution in [0.1, 0.15) is 34.5 Å². The van der Waals surface area contributed by atoms with Crippen molar-refractivity contribution in [2.45, 2.75) is 25.3 Å². The van der Waals surface area contributed by atoms with Crippen molar-refractivity contribution in [3.05, 3.63) is 169 Å². The topological polar surface area (TPSA) is 297 Å². The summed E-state index contributed by atoms with van der Waals surface area (Å²) < 4.78 is 14.5. The first-order valence-corrected chi connectivity index (χ1v) is 22.8. The van der Waals surface area contributed by atoms with Crippen LogP contribution in [0.4, 0.5) is 21.2 Å². The molecule has 0 aliphatic carbocycles. The number of nitrogens with one attached hydrogen (secondary N) is 3. The van der Waals surface area contributed by atoms with Crippen molar-refractivity contribution >= 4 is 69.8 Å². The molecule has 0 aliphatic heterocycles. The smallest absolute Gasteiger partial charge is 0.413 e. The summed E-state index contributed by atoms with van der Waals surface area (Å²) in [6.07, 6.45) is 1.93. The predicted molar refractivity (Wildman–Crippen MR) is 263 cm³/mol. The molecule has 8 rings (SSSR count). The summed E-state index contributed by atoms with van der Waals surface area (Å²) in [5.41, 5.74) is 9.51. The Labute approximate surface area is 416 Å². The van der Waals surface area contributed by atoms with Crippen LogP contribution in [0.25, 0.3) is 22.3 Å². The number of anilines is 2. The zero-order chi connectivity index (χ0) is 51.1. The number of carbonyl (C=O) groups excluding carboxylic acids is 5. The maximum Gasteiger partial charge on any atom is 0.413 e. The highest BCUT2D eigenvalue weighted by atomic mass is 16.6. The lowest BCUT2D eigenvalue weighted by atomic mass is 10.0. The van der Waals surface area contributed by atoms with Gasteiger partial charge in [0.05, 0.1) is 19.2 Å². The van der Waals surface area contributed by atoms with Gasteiger partial charge in [-0.05, 0) is 22.3 Å². The number of carboxylic acids is 1. The highest BCUT2D eigenvalue weighted by molar-refractivity contribution is 5.95. The number of amides is 5. The third kappa shape index (κ3) is 12.8. The van der Waals surface area contributed by atoms with Gasteiger partial charge >= 0.3 is 18.2 Å². The number of rotatable bonds is 21. The minimum atomic E-state index is -1.30. The molecule has 8 aromatic rings. The van der Waals surface area contributed by atoms with Crippen molar-refractivity contribution in [2.24, 2.45) is 5.73 Å².